The van der Waals surface area contributed by atoms with Crippen molar-refractivity contribution in [1.29, 1.82) is 0 Å². The van der Waals surface area contributed by atoms with E-state index in [0.717, 1.165) is 34.5 Å². The summed E-state index contributed by atoms with van der Waals surface area (Å²) < 4.78 is 44.3. The molecule has 0 bridgehead atoms. The Balaban J connectivity index is 1.12. The van der Waals surface area contributed by atoms with E-state index in [0.29, 0.717) is 60.6 Å². The van der Waals surface area contributed by atoms with Crippen molar-refractivity contribution in [1.82, 2.24) is 14.5 Å². The number of halogens is 3. The molecule has 2 aliphatic rings. The van der Waals surface area contributed by atoms with E-state index in [1.807, 2.05) is 16.7 Å². The molecule has 1 fully saturated rings. The zero-order valence-corrected chi connectivity index (χ0v) is 37.1. The van der Waals surface area contributed by atoms with Crippen LogP contribution in [0.5, 0.6) is 6.01 Å². The lowest BCUT2D eigenvalue weighted by Gasteiger charge is -2.43. The number of aryl methyl sites for hydroxylation is 1. The van der Waals surface area contributed by atoms with Crippen LogP contribution in [0.2, 0.25) is 35.7 Å². The monoisotopic (exact) mass is 863 g/mol. The van der Waals surface area contributed by atoms with E-state index in [1.54, 1.807) is 6.07 Å². The van der Waals surface area contributed by atoms with Crippen molar-refractivity contribution in [2.45, 2.75) is 102 Å². The Morgan fingerprint density at radius 3 is 2.33 bits per heavy atom. The van der Waals surface area contributed by atoms with Crippen LogP contribution in [0.3, 0.4) is 0 Å². The number of nitrogens with zero attached hydrogens (tertiary/aromatic N) is 3. The highest BCUT2D eigenvalue weighted by Crippen LogP contribution is 2.41. The Morgan fingerprint density at radius 1 is 0.982 bits per heavy atom. The Hall–Kier alpha value is -2.91. The second-order valence-electron chi connectivity index (χ2n) is 17.2. The number of rotatable bonds is 14. The lowest BCUT2D eigenvalue weighted by Crippen LogP contribution is -2.67. The molecule has 3 atom stereocenters. The zero-order valence-electron chi connectivity index (χ0n) is 32.7. The van der Waals surface area contributed by atoms with Crippen LogP contribution in [-0.2, 0) is 33.5 Å². The lowest BCUT2D eigenvalue weighted by atomic mass is 9.95. The fourth-order valence-corrected chi connectivity index (χ4v) is 14.2. The van der Waals surface area contributed by atoms with E-state index in [2.05, 4.69) is 117 Å². The van der Waals surface area contributed by atoms with E-state index in [1.165, 1.54) is 10.4 Å². The molecule has 1 aliphatic heterocycles. The Labute approximate surface area is 340 Å². The van der Waals surface area contributed by atoms with Crippen LogP contribution < -0.4 is 15.1 Å². The van der Waals surface area contributed by atoms with Crippen LogP contribution in [0.15, 0.2) is 83.3 Å². The third-order valence-corrected chi connectivity index (χ3v) is 18.4. The topological polar surface area (TPSA) is 67.6 Å². The van der Waals surface area contributed by atoms with Crippen LogP contribution in [0.4, 0.5) is 4.39 Å². The minimum atomic E-state index is -2.72. The number of aromatic nitrogens is 3. The smallest absolute Gasteiger partial charge is 0.300 e. The number of benzene rings is 3. The van der Waals surface area contributed by atoms with Crippen molar-refractivity contribution in [3.05, 3.63) is 111 Å². The molecule has 3 heterocycles. The summed E-state index contributed by atoms with van der Waals surface area (Å²) in [4.78, 5) is 9.97. The van der Waals surface area contributed by atoms with Crippen molar-refractivity contribution in [2.75, 3.05) is 19.8 Å². The maximum Gasteiger partial charge on any atom is 0.300 e. The van der Waals surface area contributed by atoms with Crippen molar-refractivity contribution in [3.8, 4) is 6.01 Å². The normalized spacial score (nSPS) is 19.0. The first-order valence-corrected chi connectivity index (χ1v) is 26.1. The number of fused-ring (bicyclic) bond motifs is 2. The third kappa shape index (κ3) is 8.83. The van der Waals surface area contributed by atoms with Gasteiger partial charge in [-0.05, 0) is 76.0 Å². The van der Waals surface area contributed by atoms with Crippen molar-refractivity contribution >= 4 is 65.5 Å². The molecule has 55 heavy (non-hydrogen) atoms. The molecule has 5 aromatic rings. The Kier molecular flexibility index (Phi) is 12.1. The summed E-state index contributed by atoms with van der Waals surface area (Å²) in [7, 11) is -4.03. The average Bonchev–Trinajstić information content (AvgIpc) is 3.84. The highest BCUT2D eigenvalue weighted by atomic mass is 79.9. The highest BCUT2D eigenvalue weighted by Gasteiger charge is 2.50. The maximum absolute atomic E-state index is 15.2. The van der Waals surface area contributed by atoms with Crippen LogP contribution in [0.1, 0.15) is 56.4 Å². The molecular weight excluding hydrogens is 813 g/mol. The molecule has 1 unspecified atom stereocenters. The second kappa shape index (κ2) is 16.5. The molecule has 0 N–H and O–H groups in total. The predicted molar refractivity (Wildman–Crippen MR) is 228 cm³/mol. The summed E-state index contributed by atoms with van der Waals surface area (Å²) in [6.07, 6.45) is 2.46. The third-order valence-electron chi connectivity index (χ3n) is 10.9. The van der Waals surface area contributed by atoms with Crippen LogP contribution in [0.25, 0.3) is 11.2 Å². The number of hydrogen-bond donors (Lipinski definition) is 0. The number of ether oxygens (including phenoxy) is 3. The summed E-state index contributed by atoms with van der Waals surface area (Å²) in [6, 6.07) is 28.2. The zero-order chi connectivity index (χ0) is 39.0. The Morgan fingerprint density at radius 2 is 1.67 bits per heavy atom. The SMILES string of the molecule is CC(C)(C)[Si](OC[C@@H]1C[C@H](Oc2nc3cc(Cl)c(CC4CCc5cc(Br)cc(F)c54)nc3n2COCC[Si](C)(C)C)CO1)(c1ccccc1)c1ccccc1. The molecule has 0 spiro atoms. The van der Waals surface area contributed by atoms with Gasteiger partial charge in [0.25, 0.3) is 8.32 Å². The molecule has 1 aliphatic carbocycles. The predicted octanol–water partition coefficient (Wildman–Crippen LogP) is 9.68. The standard InChI is InChI=1S/C43H52BrClFN3O4Si2/c1-43(2,3)55(34-13-9-7-10-14-34,35-15-11-8-12-16-35)52-27-32-24-33(26-51-32)53-42-48-39-25-36(45)38(47-41(39)49(42)28-50-19-20-54(4,5)6)22-30-18-17-29-21-31(44)23-37(46)40(29)30/h7-16,21,23,25,30,32-33H,17-20,22,24,26-28H2,1-6H3/t30?,32-,33-/m0/s1. The highest BCUT2D eigenvalue weighted by molar-refractivity contribution is 9.10. The van der Waals surface area contributed by atoms with Gasteiger partial charge < -0.3 is 18.6 Å². The molecule has 7 rings (SSSR count). The van der Waals surface area contributed by atoms with Gasteiger partial charge in [-0.25, -0.2) is 9.37 Å². The summed E-state index contributed by atoms with van der Waals surface area (Å²) in [6.45, 7) is 15.6. The van der Waals surface area contributed by atoms with Gasteiger partial charge in [-0.1, -0.05) is 129 Å². The minimum absolute atomic E-state index is 0.00992. The number of pyridine rings is 1. The first-order valence-electron chi connectivity index (χ1n) is 19.4. The molecular formula is C43H52BrClFN3O4Si2. The van der Waals surface area contributed by atoms with Crippen LogP contribution in [0, 0.1) is 5.82 Å². The van der Waals surface area contributed by atoms with Gasteiger partial charge in [0, 0.05) is 25.6 Å². The van der Waals surface area contributed by atoms with E-state index < -0.39 is 16.4 Å². The molecule has 0 saturated carbocycles. The first-order chi connectivity index (χ1) is 26.2. The van der Waals surface area contributed by atoms with Gasteiger partial charge >= 0.3 is 6.01 Å². The molecule has 0 amide bonds. The van der Waals surface area contributed by atoms with Gasteiger partial charge in [0.15, 0.2) is 5.65 Å². The maximum atomic E-state index is 15.2. The van der Waals surface area contributed by atoms with Crippen molar-refractivity contribution in [3.63, 3.8) is 0 Å². The van der Waals surface area contributed by atoms with Crippen LogP contribution >= 0.6 is 27.5 Å². The van der Waals surface area contributed by atoms with Gasteiger partial charge in [-0.3, -0.25) is 4.57 Å². The minimum Gasteiger partial charge on any atom is -0.459 e. The van der Waals surface area contributed by atoms with Gasteiger partial charge in [0.05, 0.1) is 30.0 Å². The van der Waals surface area contributed by atoms with Crippen molar-refractivity contribution in [2.24, 2.45) is 0 Å². The fraction of sp³-hybridized carbons (Fsp3) is 0.442. The molecule has 3 aromatic carbocycles. The Bertz CT molecular complexity index is 2070. The number of hydrogen-bond acceptors (Lipinski definition) is 6. The lowest BCUT2D eigenvalue weighted by molar-refractivity contribution is 0.0536. The summed E-state index contributed by atoms with van der Waals surface area (Å²) in [5.74, 6) is -0.195. The van der Waals surface area contributed by atoms with Gasteiger partial charge in [0.1, 0.15) is 24.2 Å². The van der Waals surface area contributed by atoms with E-state index in [9.17, 15) is 0 Å². The largest absolute Gasteiger partial charge is 0.459 e. The van der Waals surface area contributed by atoms with Crippen molar-refractivity contribution < 1.29 is 23.0 Å². The van der Waals surface area contributed by atoms with Crippen LogP contribution in [-0.4, -0.2) is 63.0 Å². The molecule has 0 radical (unpaired) electrons. The molecule has 292 valence electrons. The quantitative estimate of drug-likeness (QED) is 0.0819. The van der Waals surface area contributed by atoms with Gasteiger partial charge in [-0.2, -0.15) is 4.98 Å². The molecule has 1 saturated heterocycles. The summed E-state index contributed by atoms with van der Waals surface area (Å²) in [5, 5.41) is 2.86. The molecule has 12 heteroatoms. The van der Waals surface area contributed by atoms with E-state index in [-0.39, 0.29) is 35.7 Å². The average molecular weight is 865 g/mol. The molecule has 7 nitrogen and oxygen atoms in total. The number of imidazole rings is 1. The summed E-state index contributed by atoms with van der Waals surface area (Å²) >= 11 is 10.3. The fourth-order valence-electron chi connectivity index (χ4n) is 8.14. The van der Waals surface area contributed by atoms with Gasteiger partial charge in [-0.15, -0.1) is 0 Å². The summed E-state index contributed by atoms with van der Waals surface area (Å²) in [5.41, 5.74) is 3.80. The van der Waals surface area contributed by atoms with E-state index >= 15 is 4.39 Å². The second-order valence-corrected chi connectivity index (χ2v) is 28.5. The van der Waals surface area contributed by atoms with E-state index in [4.69, 9.17) is 40.2 Å². The first kappa shape index (κ1) is 40.3. The molecule has 2 aromatic heterocycles. The van der Waals surface area contributed by atoms with Gasteiger partial charge in [0.2, 0.25) is 0 Å².